The van der Waals surface area contributed by atoms with Gasteiger partial charge in [-0.1, -0.05) is 0 Å². The van der Waals surface area contributed by atoms with Crippen LogP contribution >= 0.6 is 0 Å². The smallest absolute Gasteiger partial charge is 0.288 e. The number of aromatic hydroxyl groups is 1. The van der Waals surface area contributed by atoms with Gasteiger partial charge in [0.05, 0.1) is 4.92 Å². The number of nitrogen functional groups attached to an aromatic ring is 1. The first kappa shape index (κ1) is 10.9. The second-order valence-electron chi connectivity index (χ2n) is 3.47. The highest BCUT2D eigenvalue weighted by molar-refractivity contribution is 5.73. The Morgan fingerprint density at radius 3 is 2.71 bits per heavy atom. The van der Waals surface area contributed by atoms with Crippen LogP contribution in [0.5, 0.6) is 5.75 Å². The van der Waals surface area contributed by atoms with Gasteiger partial charge in [0, 0.05) is 35.1 Å². The van der Waals surface area contributed by atoms with E-state index in [0.717, 1.165) is 6.20 Å². The van der Waals surface area contributed by atoms with Crippen LogP contribution in [0.1, 0.15) is 0 Å². The van der Waals surface area contributed by atoms with Crippen LogP contribution in [-0.2, 0) is 0 Å². The Balaban J connectivity index is 2.53. The molecule has 86 valence electrons. The molecule has 0 radical (unpaired) electrons. The molecular weight excluding hydrogens is 222 g/mol. The first-order chi connectivity index (χ1) is 8.08. The fourth-order valence-corrected chi connectivity index (χ4v) is 1.47. The first-order valence-corrected chi connectivity index (χ1v) is 4.76. The van der Waals surface area contributed by atoms with Gasteiger partial charge in [-0.15, -0.1) is 0 Å². The number of anilines is 1. The molecule has 0 saturated carbocycles. The van der Waals surface area contributed by atoms with Crippen molar-refractivity contribution in [2.45, 2.75) is 0 Å². The molecule has 0 spiro atoms. The quantitative estimate of drug-likeness (QED) is 0.467. The Morgan fingerprint density at radius 2 is 2.06 bits per heavy atom. The zero-order valence-corrected chi connectivity index (χ0v) is 8.70. The number of rotatable bonds is 2. The average Bonchev–Trinajstić information content (AvgIpc) is 2.29. The molecule has 0 atom stereocenters. The molecule has 0 saturated heterocycles. The number of pyridine rings is 1. The summed E-state index contributed by atoms with van der Waals surface area (Å²) in [6.45, 7) is 0. The van der Waals surface area contributed by atoms with Gasteiger partial charge < -0.3 is 10.8 Å². The highest BCUT2D eigenvalue weighted by Crippen LogP contribution is 2.31. The predicted molar refractivity (Wildman–Crippen MR) is 62.4 cm³/mol. The lowest BCUT2D eigenvalue weighted by Crippen LogP contribution is -1.91. The molecule has 2 rings (SSSR count). The number of nitrogens with zero attached hydrogens (tertiary/aromatic N) is 2. The van der Waals surface area contributed by atoms with Crippen LogP contribution in [0, 0.1) is 10.1 Å². The molecule has 6 heteroatoms. The van der Waals surface area contributed by atoms with Crippen molar-refractivity contribution in [3.8, 4) is 16.9 Å². The van der Waals surface area contributed by atoms with Crippen molar-refractivity contribution in [1.29, 1.82) is 0 Å². The third kappa shape index (κ3) is 2.15. The zero-order chi connectivity index (χ0) is 12.4. The number of phenols is 1. The van der Waals surface area contributed by atoms with Gasteiger partial charge in [-0.05, 0) is 12.1 Å². The van der Waals surface area contributed by atoms with Gasteiger partial charge in [-0.2, -0.15) is 0 Å². The lowest BCUT2D eigenvalue weighted by atomic mass is 10.1. The molecule has 1 aromatic heterocycles. The third-order valence-corrected chi connectivity index (χ3v) is 2.27. The van der Waals surface area contributed by atoms with E-state index in [4.69, 9.17) is 5.73 Å². The minimum atomic E-state index is -0.537. The van der Waals surface area contributed by atoms with Crippen molar-refractivity contribution >= 4 is 11.4 Å². The van der Waals surface area contributed by atoms with Gasteiger partial charge in [-0.3, -0.25) is 15.1 Å². The molecule has 0 unspecified atom stereocenters. The molecule has 6 nitrogen and oxygen atoms in total. The molecule has 0 aliphatic carbocycles. The van der Waals surface area contributed by atoms with Gasteiger partial charge in [0.15, 0.2) is 0 Å². The third-order valence-electron chi connectivity index (χ3n) is 2.27. The number of phenolic OH excluding ortho intramolecular Hbond substituents is 1. The molecule has 0 aliphatic rings. The second-order valence-corrected chi connectivity index (χ2v) is 3.47. The number of hydrogen-bond donors (Lipinski definition) is 2. The monoisotopic (exact) mass is 231 g/mol. The first-order valence-electron chi connectivity index (χ1n) is 4.76. The van der Waals surface area contributed by atoms with E-state index in [0.29, 0.717) is 16.8 Å². The molecule has 3 N–H and O–H groups in total. The normalized spacial score (nSPS) is 10.1. The van der Waals surface area contributed by atoms with Crippen LogP contribution in [0.15, 0.2) is 36.7 Å². The number of aromatic nitrogens is 1. The van der Waals surface area contributed by atoms with E-state index in [-0.39, 0.29) is 11.4 Å². The Bertz CT molecular complexity index is 584. The van der Waals surface area contributed by atoms with Gasteiger partial charge >= 0.3 is 0 Å². The highest BCUT2D eigenvalue weighted by atomic mass is 16.6. The summed E-state index contributed by atoms with van der Waals surface area (Å²) in [5.74, 6) is -0.0349. The Labute approximate surface area is 96.5 Å². The largest absolute Gasteiger partial charge is 0.507 e. The lowest BCUT2D eigenvalue weighted by Gasteiger charge is -2.04. The van der Waals surface area contributed by atoms with Gasteiger partial charge in [0.25, 0.3) is 5.69 Å². The maximum absolute atomic E-state index is 10.6. The summed E-state index contributed by atoms with van der Waals surface area (Å²) in [6, 6.07) is 5.92. The fourth-order valence-electron chi connectivity index (χ4n) is 1.47. The minimum absolute atomic E-state index is 0.0349. The van der Waals surface area contributed by atoms with Gasteiger partial charge in [0.1, 0.15) is 11.9 Å². The zero-order valence-electron chi connectivity index (χ0n) is 8.70. The molecule has 17 heavy (non-hydrogen) atoms. The SMILES string of the molecule is Nc1ccc(-c2cncc([N+](=O)[O-])c2)c(O)c1. The molecule has 0 fully saturated rings. The van der Waals surface area contributed by atoms with E-state index in [2.05, 4.69) is 4.98 Å². The second kappa shape index (κ2) is 4.09. The summed E-state index contributed by atoms with van der Waals surface area (Å²) < 4.78 is 0. The molecule has 1 heterocycles. The summed E-state index contributed by atoms with van der Waals surface area (Å²) in [6.07, 6.45) is 2.59. The molecule has 0 amide bonds. The Morgan fingerprint density at radius 1 is 1.29 bits per heavy atom. The van der Waals surface area contributed by atoms with Crippen molar-refractivity contribution in [1.82, 2.24) is 4.98 Å². The van der Waals surface area contributed by atoms with Crippen molar-refractivity contribution in [3.05, 3.63) is 46.8 Å². The molecular formula is C11H9N3O3. The number of benzene rings is 1. The van der Waals surface area contributed by atoms with Crippen LogP contribution in [0.25, 0.3) is 11.1 Å². The van der Waals surface area contributed by atoms with Crippen LogP contribution < -0.4 is 5.73 Å². The van der Waals surface area contributed by atoms with E-state index in [9.17, 15) is 15.2 Å². The van der Waals surface area contributed by atoms with Crippen molar-refractivity contribution in [2.75, 3.05) is 5.73 Å². The summed E-state index contributed by atoms with van der Waals surface area (Å²) in [5.41, 5.74) is 6.72. The van der Waals surface area contributed by atoms with E-state index in [1.807, 2.05) is 0 Å². The van der Waals surface area contributed by atoms with Crippen molar-refractivity contribution in [2.24, 2.45) is 0 Å². The van der Waals surface area contributed by atoms with Crippen LogP contribution in [-0.4, -0.2) is 15.0 Å². The van der Waals surface area contributed by atoms with Crippen LogP contribution in [0.2, 0.25) is 0 Å². The van der Waals surface area contributed by atoms with Gasteiger partial charge in [0.2, 0.25) is 0 Å². The van der Waals surface area contributed by atoms with E-state index >= 15 is 0 Å². The number of hydrogen-bond acceptors (Lipinski definition) is 5. The predicted octanol–water partition coefficient (Wildman–Crippen LogP) is 1.94. The molecule has 2 aromatic rings. The molecule has 0 bridgehead atoms. The van der Waals surface area contributed by atoms with E-state index in [1.165, 1.54) is 18.3 Å². The van der Waals surface area contributed by atoms with E-state index in [1.54, 1.807) is 12.1 Å². The van der Waals surface area contributed by atoms with Crippen molar-refractivity contribution in [3.63, 3.8) is 0 Å². The van der Waals surface area contributed by atoms with E-state index < -0.39 is 4.92 Å². The Kier molecular flexibility index (Phi) is 2.61. The highest BCUT2D eigenvalue weighted by Gasteiger charge is 2.10. The van der Waals surface area contributed by atoms with Gasteiger partial charge in [-0.25, -0.2) is 0 Å². The summed E-state index contributed by atoms with van der Waals surface area (Å²) >= 11 is 0. The minimum Gasteiger partial charge on any atom is -0.507 e. The summed E-state index contributed by atoms with van der Waals surface area (Å²) in [7, 11) is 0. The van der Waals surface area contributed by atoms with Crippen LogP contribution in [0.4, 0.5) is 11.4 Å². The topological polar surface area (TPSA) is 102 Å². The summed E-state index contributed by atoms with van der Waals surface area (Å²) in [4.78, 5) is 13.8. The molecule has 0 aliphatic heterocycles. The summed E-state index contributed by atoms with van der Waals surface area (Å²) in [5, 5.41) is 20.3. The Hall–Kier alpha value is -2.63. The standard InChI is InChI=1S/C11H9N3O3/c12-8-1-2-10(11(15)4-8)7-3-9(14(16)17)6-13-5-7/h1-6,15H,12H2. The maximum atomic E-state index is 10.6. The number of nitro groups is 1. The lowest BCUT2D eigenvalue weighted by molar-refractivity contribution is -0.385. The van der Waals surface area contributed by atoms with Crippen LogP contribution in [0.3, 0.4) is 0 Å². The van der Waals surface area contributed by atoms with Crippen molar-refractivity contribution < 1.29 is 10.0 Å². The number of nitrogens with two attached hydrogens (primary N) is 1. The fraction of sp³-hybridized carbons (Fsp3) is 0. The molecule has 1 aromatic carbocycles. The maximum Gasteiger partial charge on any atom is 0.288 e. The average molecular weight is 231 g/mol.